The minimum atomic E-state index is -0.371. The number of halogens is 1. The molecule has 1 unspecified atom stereocenters. The second-order valence-corrected chi connectivity index (χ2v) is 6.88. The van der Waals surface area contributed by atoms with Crippen molar-refractivity contribution in [3.05, 3.63) is 59.9 Å². The molecule has 2 aromatic carbocycles. The normalized spacial score (nSPS) is 11.6. The Kier molecular flexibility index (Phi) is 7.01. The zero-order chi connectivity index (χ0) is 18.2. The van der Waals surface area contributed by atoms with E-state index in [2.05, 4.69) is 17.6 Å². The first-order chi connectivity index (χ1) is 12.0. The third-order valence-electron chi connectivity index (χ3n) is 3.56. The lowest BCUT2D eigenvalue weighted by atomic mass is 10.1. The first kappa shape index (κ1) is 19.0. The second-order valence-electron chi connectivity index (χ2n) is 5.55. The molecular formula is C19H21FN2O2S. The molecule has 1 atom stereocenters. The standard InChI is InChI=1S/C19H21FN2O2S/c1-3-14-5-4-6-17(11-14)22-19(24)13(2)25-12-18(23)21-16-9-7-15(20)8-10-16/h4-11,13H,3,12H2,1-2H3,(H,21,23)(H,22,24). The van der Waals surface area contributed by atoms with Gasteiger partial charge < -0.3 is 10.6 Å². The van der Waals surface area contributed by atoms with Gasteiger partial charge in [-0.2, -0.15) is 0 Å². The zero-order valence-electron chi connectivity index (χ0n) is 14.2. The first-order valence-corrected chi connectivity index (χ1v) is 9.09. The number of nitrogens with one attached hydrogen (secondary N) is 2. The number of benzene rings is 2. The molecule has 0 heterocycles. The Morgan fingerprint density at radius 3 is 2.48 bits per heavy atom. The summed E-state index contributed by atoms with van der Waals surface area (Å²) in [6, 6.07) is 13.2. The third-order valence-corrected chi connectivity index (χ3v) is 4.71. The smallest absolute Gasteiger partial charge is 0.237 e. The van der Waals surface area contributed by atoms with Crippen LogP contribution in [0.15, 0.2) is 48.5 Å². The number of hydrogen-bond donors (Lipinski definition) is 2. The number of carbonyl (C=O) groups is 2. The predicted octanol–water partition coefficient (Wildman–Crippen LogP) is 4.09. The Balaban J connectivity index is 1.80. The average Bonchev–Trinajstić information content (AvgIpc) is 2.61. The number of thioether (sulfide) groups is 1. The quantitative estimate of drug-likeness (QED) is 0.782. The molecule has 25 heavy (non-hydrogen) atoms. The molecule has 2 rings (SSSR count). The maximum atomic E-state index is 12.8. The number of rotatable bonds is 7. The van der Waals surface area contributed by atoms with Crippen molar-refractivity contribution in [1.29, 1.82) is 0 Å². The van der Waals surface area contributed by atoms with Crippen LogP contribution in [0.2, 0.25) is 0 Å². The van der Waals surface area contributed by atoms with E-state index in [1.165, 1.54) is 36.0 Å². The van der Waals surface area contributed by atoms with Gasteiger partial charge in [0.1, 0.15) is 5.82 Å². The molecule has 6 heteroatoms. The van der Waals surface area contributed by atoms with Gasteiger partial charge >= 0.3 is 0 Å². The second kappa shape index (κ2) is 9.22. The molecule has 0 spiro atoms. The fraction of sp³-hybridized carbons (Fsp3) is 0.263. The molecule has 0 saturated heterocycles. The number of hydrogen-bond acceptors (Lipinski definition) is 3. The number of carbonyl (C=O) groups excluding carboxylic acids is 2. The molecule has 0 bridgehead atoms. The molecule has 4 nitrogen and oxygen atoms in total. The van der Waals surface area contributed by atoms with E-state index < -0.39 is 0 Å². The molecule has 132 valence electrons. The topological polar surface area (TPSA) is 58.2 Å². The van der Waals surface area contributed by atoms with E-state index in [1.54, 1.807) is 6.92 Å². The molecule has 2 aromatic rings. The predicted molar refractivity (Wildman–Crippen MR) is 101 cm³/mol. The van der Waals surface area contributed by atoms with Crippen molar-refractivity contribution in [2.24, 2.45) is 0 Å². The van der Waals surface area contributed by atoms with E-state index >= 15 is 0 Å². The third kappa shape index (κ3) is 6.23. The van der Waals surface area contributed by atoms with Crippen LogP contribution in [-0.4, -0.2) is 22.8 Å². The Labute approximate surface area is 151 Å². The summed E-state index contributed by atoms with van der Waals surface area (Å²) in [7, 11) is 0. The fourth-order valence-corrected chi connectivity index (χ4v) is 2.80. The van der Waals surface area contributed by atoms with Crippen LogP contribution in [0.1, 0.15) is 19.4 Å². The highest BCUT2D eigenvalue weighted by atomic mass is 32.2. The Bertz CT molecular complexity index is 734. The van der Waals surface area contributed by atoms with Gasteiger partial charge in [0.15, 0.2) is 0 Å². The summed E-state index contributed by atoms with van der Waals surface area (Å²) in [5.74, 6) is -0.595. The summed E-state index contributed by atoms with van der Waals surface area (Å²) in [5, 5.41) is 5.16. The van der Waals surface area contributed by atoms with Crippen molar-refractivity contribution in [3.8, 4) is 0 Å². The monoisotopic (exact) mass is 360 g/mol. The van der Waals surface area contributed by atoms with Crippen molar-refractivity contribution < 1.29 is 14.0 Å². The Morgan fingerprint density at radius 1 is 1.08 bits per heavy atom. The summed E-state index contributed by atoms with van der Waals surface area (Å²) in [5.41, 5.74) is 2.44. The fourth-order valence-electron chi connectivity index (χ4n) is 2.12. The lowest BCUT2D eigenvalue weighted by Crippen LogP contribution is -2.25. The van der Waals surface area contributed by atoms with Crippen molar-refractivity contribution in [2.75, 3.05) is 16.4 Å². The highest BCUT2D eigenvalue weighted by Gasteiger charge is 2.15. The van der Waals surface area contributed by atoms with E-state index in [1.807, 2.05) is 24.3 Å². The number of amides is 2. The van der Waals surface area contributed by atoms with Crippen molar-refractivity contribution in [3.63, 3.8) is 0 Å². The van der Waals surface area contributed by atoms with Crippen LogP contribution < -0.4 is 10.6 Å². The number of anilines is 2. The maximum Gasteiger partial charge on any atom is 0.237 e. The zero-order valence-corrected chi connectivity index (χ0v) is 15.0. The molecular weight excluding hydrogens is 339 g/mol. The summed E-state index contributed by atoms with van der Waals surface area (Å²) in [4.78, 5) is 24.1. The van der Waals surface area contributed by atoms with Gasteiger partial charge in [-0.3, -0.25) is 9.59 Å². The van der Waals surface area contributed by atoms with E-state index in [4.69, 9.17) is 0 Å². The number of aryl methyl sites for hydroxylation is 1. The SMILES string of the molecule is CCc1cccc(NC(=O)C(C)SCC(=O)Nc2ccc(F)cc2)c1. The van der Waals surface area contributed by atoms with E-state index in [0.29, 0.717) is 5.69 Å². The molecule has 0 aromatic heterocycles. The molecule has 2 amide bonds. The van der Waals surface area contributed by atoms with Crippen molar-refractivity contribution in [1.82, 2.24) is 0 Å². The summed E-state index contributed by atoms with van der Waals surface area (Å²) in [6.07, 6.45) is 0.900. The lowest BCUT2D eigenvalue weighted by molar-refractivity contribution is -0.115. The Morgan fingerprint density at radius 2 is 1.80 bits per heavy atom. The van der Waals surface area contributed by atoms with Crippen LogP contribution >= 0.6 is 11.8 Å². The van der Waals surface area contributed by atoms with Crippen LogP contribution in [0.3, 0.4) is 0 Å². The first-order valence-electron chi connectivity index (χ1n) is 8.04. The van der Waals surface area contributed by atoms with Crippen LogP contribution in [-0.2, 0) is 16.0 Å². The lowest BCUT2D eigenvalue weighted by Gasteiger charge is -2.12. The summed E-state index contributed by atoms with van der Waals surface area (Å²) in [6.45, 7) is 3.81. The van der Waals surface area contributed by atoms with Gasteiger partial charge in [0.2, 0.25) is 11.8 Å². The minimum Gasteiger partial charge on any atom is -0.325 e. The molecule has 0 saturated carbocycles. The van der Waals surface area contributed by atoms with E-state index in [9.17, 15) is 14.0 Å². The molecule has 0 radical (unpaired) electrons. The molecule has 0 aliphatic heterocycles. The van der Waals surface area contributed by atoms with Gasteiger partial charge in [0, 0.05) is 11.4 Å². The van der Waals surface area contributed by atoms with Gasteiger partial charge in [-0.1, -0.05) is 19.1 Å². The van der Waals surface area contributed by atoms with Gasteiger partial charge in [0.05, 0.1) is 11.0 Å². The maximum absolute atomic E-state index is 12.8. The van der Waals surface area contributed by atoms with Crippen LogP contribution in [0.5, 0.6) is 0 Å². The van der Waals surface area contributed by atoms with E-state index in [0.717, 1.165) is 17.7 Å². The van der Waals surface area contributed by atoms with Gasteiger partial charge in [0.25, 0.3) is 0 Å². The molecule has 0 fully saturated rings. The van der Waals surface area contributed by atoms with Crippen LogP contribution in [0, 0.1) is 5.82 Å². The minimum absolute atomic E-state index is 0.140. The van der Waals surface area contributed by atoms with E-state index in [-0.39, 0.29) is 28.6 Å². The highest BCUT2D eigenvalue weighted by Crippen LogP contribution is 2.16. The van der Waals surface area contributed by atoms with Gasteiger partial charge in [-0.05, 0) is 55.3 Å². The molecule has 0 aliphatic rings. The van der Waals surface area contributed by atoms with Crippen LogP contribution in [0.25, 0.3) is 0 Å². The van der Waals surface area contributed by atoms with Gasteiger partial charge in [-0.15, -0.1) is 11.8 Å². The largest absolute Gasteiger partial charge is 0.325 e. The summed E-state index contributed by atoms with van der Waals surface area (Å²) >= 11 is 1.25. The van der Waals surface area contributed by atoms with Crippen molar-refractivity contribution in [2.45, 2.75) is 25.5 Å². The Hall–Kier alpha value is -2.34. The highest BCUT2D eigenvalue weighted by molar-refractivity contribution is 8.01. The molecule has 0 aliphatic carbocycles. The summed E-state index contributed by atoms with van der Waals surface area (Å²) < 4.78 is 12.8. The average molecular weight is 360 g/mol. The molecule has 2 N–H and O–H groups in total. The van der Waals surface area contributed by atoms with Gasteiger partial charge in [-0.25, -0.2) is 4.39 Å². The van der Waals surface area contributed by atoms with Crippen LogP contribution in [0.4, 0.5) is 15.8 Å². The van der Waals surface area contributed by atoms with Crippen molar-refractivity contribution >= 4 is 35.0 Å².